The van der Waals surface area contributed by atoms with Crippen molar-refractivity contribution in [3.63, 3.8) is 0 Å². The smallest absolute Gasteiger partial charge is 0.264 e. The monoisotopic (exact) mass is 499 g/mol. The first-order valence-corrected chi connectivity index (χ1v) is 13.9. The Morgan fingerprint density at radius 2 is 1.83 bits per heavy atom. The Morgan fingerprint density at radius 1 is 1.03 bits per heavy atom. The molecule has 0 saturated heterocycles. The second-order valence-electron chi connectivity index (χ2n) is 9.34. The number of benzene rings is 1. The van der Waals surface area contributed by atoms with Gasteiger partial charge in [-0.2, -0.15) is 0 Å². The lowest BCUT2D eigenvalue weighted by Gasteiger charge is -2.15. The van der Waals surface area contributed by atoms with Gasteiger partial charge < -0.3 is 10.1 Å². The SMILES string of the molecule is O=C(COC1CCCCCC1)NCCc1cccc(S(=O)(=O)NC(=O)[C@@H]2C[C@H]2c2ccccn2)c1. The van der Waals surface area contributed by atoms with Gasteiger partial charge in [0.15, 0.2) is 0 Å². The van der Waals surface area contributed by atoms with Crippen LogP contribution < -0.4 is 10.0 Å². The number of aromatic nitrogens is 1. The number of amides is 2. The first-order valence-electron chi connectivity index (χ1n) is 12.4. The van der Waals surface area contributed by atoms with Crippen LogP contribution in [-0.4, -0.2) is 44.5 Å². The second kappa shape index (κ2) is 11.8. The van der Waals surface area contributed by atoms with E-state index in [1.54, 1.807) is 24.4 Å². The minimum Gasteiger partial charge on any atom is -0.368 e. The molecule has 35 heavy (non-hydrogen) atoms. The number of sulfonamides is 1. The van der Waals surface area contributed by atoms with Crippen LogP contribution in [0.25, 0.3) is 0 Å². The predicted molar refractivity (Wildman–Crippen MR) is 131 cm³/mol. The highest BCUT2D eigenvalue weighted by Gasteiger charge is 2.46. The summed E-state index contributed by atoms with van der Waals surface area (Å²) in [5.41, 5.74) is 1.55. The molecule has 0 radical (unpaired) electrons. The lowest BCUT2D eigenvalue weighted by atomic mass is 10.1. The molecule has 0 bridgehead atoms. The fraction of sp³-hybridized carbons (Fsp3) is 0.500. The molecular weight excluding hydrogens is 466 g/mol. The molecule has 4 rings (SSSR count). The van der Waals surface area contributed by atoms with Crippen molar-refractivity contribution in [3.8, 4) is 0 Å². The number of carbonyl (C=O) groups is 2. The summed E-state index contributed by atoms with van der Waals surface area (Å²) in [4.78, 5) is 28.9. The van der Waals surface area contributed by atoms with Gasteiger partial charge in [0.1, 0.15) is 6.61 Å². The Bertz CT molecular complexity index is 1110. The minimum absolute atomic E-state index is 0.0291. The second-order valence-corrected chi connectivity index (χ2v) is 11.0. The lowest BCUT2D eigenvalue weighted by Crippen LogP contribution is -2.32. The number of pyridine rings is 1. The highest BCUT2D eigenvalue weighted by Crippen LogP contribution is 2.46. The van der Waals surface area contributed by atoms with Crippen molar-refractivity contribution in [2.75, 3.05) is 13.2 Å². The van der Waals surface area contributed by atoms with Gasteiger partial charge in [-0.15, -0.1) is 0 Å². The van der Waals surface area contributed by atoms with E-state index in [0.717, 1.165) is 36.9 Å². The summed E-state index contributed by atoms with van der Waals surface area (Å²) in [5, 5.41) is 2.83. The maximum absolute atomic E-state index is 12.8. The van der Waals surface area contributed by atoms with Gasteiger partial charge in [0.05, 0.1) is 11.0 Å². The molecule has 2 N–H and O–H groups in total. The molecule has 8 nitrogen and oxygen atoms in total. The third-order valence-electron chi connectivity index (χ3n) is 6.63. The maximum Gasteiger partial charge on any atom is 0.264 e. The summed E-state index contributed by atoms with van der Waals surface area (Å²) < 4.78 is 33.5. The van der Waals surface area contributed by atoms with Crippen LogP contribution in [0.4, 0.5) is 0 Å². The van der Waals surface area contributed by atoms with E-state index in [0.29, 0.717) is 19.4 Å². The molecule has 1 aromatic carbocycles. The van der Waals surface area contributed by atoms with Crippen LogP contribution >= 0.6 is 0 Å². The number of nitrogens with zero attached hydrogens (tertiary/aromatic N) is 1. The van der Waals surface area contributed by atoms with Crippen LogP contribution in [0.5, 0.6) is 0 Å². The average Bonchev–Trinajstić information content (AvgIpc) is 3.68. The predicted octanol–water partition coefficient (Wildman–Crippen LogP) is 3.09. The normalized spacial score (nSPS) is 20.6. The topological polar surface area (TPSA) is 114 Å². The van der Waals surface area contributed by atoms with E-state index in [1.165, 1.54) is 25.0 Å². The summed E-state index contributed by atoms with van der Waals surface area (Å²) in [7, 11) is -3.99. The molecule has 2 atom stereocenters. The molecule has 2 saturated carbocycles. The van der Waals surface area contributed by atoms with Gasteiger partial charge in [-0.3, -0.25) is 14.6 Å². The fourth-order valence-corrected chi connectivity index (χ4v) is 5.64. The van der Waals surface area contributed by atoms with Gasteiger partial charge >= 0.3 is 0 Å². The highest BCUT2D eigenvalue weighted by atomic mass is 32.2. The van der Waals surface area contributed by atoms with Gasteiger partial charge in [-0.25, -0.2) is 13.1 Å². The van der Waals surface area contributed by atoms with Gasteiger partial charge in [-0.05, 0) is 55.5 Å². The van der Waals surface area contributed by atoms with Gasteiger partial charge in [0.25, 0.3) is 10.0 Å². The van der Waals surface area contributed by atoms with Crippen molar-refractivity contribution in [3.05, 3.63) is 59.9 Å². The standard InChI is InChI=1S/C26H33N3O5S/c30-25(18-34-20-9-3-1-2-4-10-20)28-15-13-19-8-7-11-21(16-19)35(32,33)29-26(31)23-17-22(23)24-12-5-6-14-27-24/h5-8,11-12,14,16,20,22-23H,1-4,9-10,13,15,17-18H2,(H,28,30)(H,29,31)/t22-,23-/m1/s1. The van der Waals surface area contributed by atoms with Crippen LogP contribution in [-0.2, 0) is 30.8 Å². The number of hydrogen-bond donors (Lipinski definition) is 2. The van der Waals surface area contributed by atoms with Crippen LogP contribution in [0.2, 0.25) is 0 Å². The molecule has 0 unspecified atom stereocenters. The molecule has 1 heterocycles. The Kier molecular flexibility index (Phi) is 8.51. The Labute approximate surface area is 206 Å². The summed E-state index contributed by atoms with van der Waals surface area (Å²) in [6, 6.07) is 11.9. The van der Waals surface area contributed by atoms with Crippen molar-refractivity contribution in [2.45, 2.75) is 68.3 Å². The zero-order valence-corrected chi connectivity index (χ0v) is 20.6. The number of ether oxygens (including phenoxy) is 1. The minimum atomic E-state index is -3.99. The number of hydrogen-bond acceptors (Lipinski definition) is 6. The van der Waals surface area contributed by atoms with E-state index in [1.807, 2.05) is 12.1 Å². The number of rotatable bonds is 10. The third kappa shape index (κ3) is 7.35. The molecular formula is C26H33N3O5S. The Morgan fingerprint density at radius 3 is 2.57 bits per heavy atom. The van der Waals surface area contributed by atoms with Crippen molar-refractivity contribution < 1.29 is 22.7 Å². The average molecular weight is 500 g/mol. The van der Waals surface area contributed by atoms with Crippen LogP contribution in [0.15, 0.2) is 53.6 Å². The lowest BCUT2D eigenvalue weighted by molar-refractivity contribution is -0.128. The third-order valence-corrected chi connectivity index (χ3v) is 7.97. The van der Waals surface area contributed by atoms with Gasteiger partial charge in [-0.1, -0.05) is 43.9 Å². The van der Waals surface area contributed by atoms with Crippen LogP contribution in [0, 0.1) is 5.92 Å². The molecule has 9 heteroatoms. The van der Waals surface area contributed by atoms with E-state index < -0.39 is 21.8 Å². The van der Waals surface area contributed by atoms with Gasteiger partial charge in [0, 0.05) is 30.3 Å². The molecule has 2 aromatic rings. The molecule has 2 aliphatic carbocycles. The van der Waals surface area contributed by atoms with Gasteiger partial charge in [0.2, 0.25) is 11.8 Å². The number of carbonyl (C=O) groups excluding carboxylic acids is 2. The fourth-order valence-electron chi connectivity index (χ4n) is 4.54. The summed E-state index contributed by atoms with van der Waals surface area (Å²) >= 11 is 0. The first kappa shape index (κ1) is 25.3. The van der Waals surface area contributed by atoms with E-state index in [2.05, 4.69) is 15.0 Å². The van der Waals surface area contributed by atoms with E-state index >= 15 is 0 Å². The Balaban J connectivity index is 1.23. The zero-order valence-electron chi connectivity index (χ0n) is 19.8. The summed E-state index contributed by atoms with van der Waals surface area (Å²) in [6.45, 7) is 0.419. The van der Waals surface area contributed by atoms with Crippen LogP contribution in [0.3, 0.4) is 0 Å². The highest BCUT2D eigenvalue weighted by molar-refractivity contribution is 7.90. The molecule has 2 amide bonds. The summed E-state index contributed by atoms with van der Waals surface area (Å²) in [6.07, 6.45) is 9.67. The molecule has 2 aliphatic rings. The molecule has 0 aliphatic heterocycles. The first-order chi connectivity index (χ1) is 16.9. The van der Waals surface area contributed by atoms with Crippen molar-refractivity contribution in [2.24, 2.45) is 5.92 Å². The largest absolute Gasteiger partial charge is 0.368 e. The molecule has 1 aromatic heterocycles. The maximum atomic E-state index is 12.8. The van der Waals surface area contributed by atoms with Crippen molar-refractivity contribution in [1.82, 2.24) is 15.0 Å². The van der Waals surface area contributed by atoms with Crippen LogP contribution in [0.1, 0.15) is 62.1 Å². The summed E-state index contributed by atoms with van der Waals surface area (Å²) in [5.74, 6) is -1.12. The molecule has 2 fully saturated rings. The quantitative estimate of drug-likeness (QED) is 0.486. The van der Waals surface area contributed by atoms with E-state index in [-0.39, 0.29) is 29.4 Å². The molecule has 0 spiro atoms. The number of nitrogens with one attached hydrogen (secondary N) is 2. The van der Waals surface area contributed by atoms with E-state index in [9.17, 15) is 18.0 Å². The Hall–Kier alpha value is -2.78. The van der Waals surface area contributed by atoms with E-state index in [4.69, 9.17) is 4.74 Å². The van der Waals surface area contributed by atoms with Crippen molar-refractivity contribution in [1.29, 1.82) is 0 Å². The van der Waals surface area contributed by atoms with Crippen molar-refractivity contribution >= 4 is 21.8 Å². The molecule has 188 valence electrons. The zero-order chi connectivity index (χ0) is 24.7.